The summed E-state index contributed by atoms with van der Waals surface area (Å²) in [6.07, 6.45) is 1.64. The van der Waals surface area contributed by atoms with Gasteiger partial charge < -0.3 is 9.64 Å². The third-order valence-corrected chi connectivity index (χ3v) is 6.18. The molecule has 0 unspecified atom stereocenters. The van der Waals surface area contributed by atoms with Crippen molar-refractivity contribution in [2.75, 3.05) is 38.2 Å². The van der Waals surface area contributed by atoms with Crippen LogP contribution in [0.1, 0.15) is 29.9 Å². The summed E-state index contributed by atoms with van der Waals surface area (Å²) in [5, 5.41) is 4.83. The summed E-state index contributed by atoms with van der Waals surface area (Å²) in [5.41, 5.74) is 2.46. The van der Waals surface area contributed by atoms with E-state index >= 15 is 0 Å². The molecule has 0 aliphatic heterocycles. The van der Waals surface area contributed by atoms with Gasteiger partial charge in [-0.15, -0.1) is 12.4 Å². The van der Waals surface area contributed by atoms with Crippen molar-refractivity contribution in [3.8, 4) is 5.75 Å². The molecule has 3 aromatic rings. The first-order valence-corrected chi connectivity index (χ1v) is 10.3. The number of hydrogen-bond acceptors (Lipinski definition) is 6. The first-order valence-electron chi connectivity index (χ1n) is 9.46. The Morgan fingerprint density at radius 2 is 1.93 bits per heavy atom. The second-order valence-electron chi connectivity index (χ2n) is 6.58. The van der Waals surface area contributed by atoms with Gasteiger partial charge in [-0.05, 0) is 37.7 Å². The number of aryl methyl sites for hydroxylation is 2. The lowest BCUT2D eigenvalue weighted by atomic mass is 10.2. The molecule has 0 spiro atoms. The van der Waals surface area contributed by atoms with Crippen molar-refractivity contribution >= 4 is 45.0 Å². The monoisotopic (exact) mass is 437 g/mol. The van der Waals surface area contributed by atoms with Gasteiger partial charge in [-0.25, -0.2) is 4.98 Å². The number of amides is 1. The number of halogens is 1. The first-order chi connectivity index (χ1) is 13.5. The van der Waals surface area contributed by atoms with Crippen LogP contribution < -0.4 is 9.64 Å². The number of rotatable bonds is 8. The number of anilines is 1. The van der Waals surface area contributed by atoms with E-state index in [9.17, 15) is 4.79 Å². The lowest BCUT2D eigenvalue weighted by Gasteiger charge is -2.24. The molecule has 1 amide bonds. The van der Waals surface area contributed by atoms with E-state index in [0.717, 1.165) is 41.2 Å². The average Bonchev–Trinajstić information content (AvgIpc) is 3.32. The Morgan fingerprint density at radius 1 is 1.21 bits per heavy atom. The molecule has 158 valence electrons. The smallest absolute Gasteiger partial charge is 0.278 e. The average molecular weight is 438 g/mol. The molecule has 0 N–H and O–H groups in total. The van der Waals surface area contributed by atoms with Crippen LogP contribution in [0.25, 0.3) is 10.2 Å². The number of likely N-dealkylation sites (N-methyl/N-ethyl adjacent to an activating group) is 1. The van der Waals surface area contributed by atoms with E-state index in [1.807, 2.05) is 19.1 Å². The molecular formula is C20H28ClN5O2S. The molecule has 0 fully saturated rings. The maximum absolute atomic E-state index is 13.3. The van der Waals surface area contributed by atoms with E-state index in [-0.39, 0.29) is 18.3 Å². The molecule has 0 atom stereocenters. The standard InChI is InChI=1S/C20H27N5O2S.ClH/c1-6-24(7-2)12-13-25(19(26)15-10-11-21-23(15)4)20-22-17-16(27-5)9-8-14(3)18(17)28-20;/h8-11H,6-7,12-13H2,1-5H3;1H. The number of ether oxygens (including phenoxy) is 1. The maximum Gasteiger partial charge on any atom is 0.278 e. The summed E-state index contributed by atoms with van der Waals surface area (Å²) in [4.78, 5) is 22.2. The van der Waals surface area contributed by atoms with Crippen LogP contribution in [0.2, 0.25) is 0 Å². The molecule has 3 rings (SSSR count). The van der Waals surface area contributed by atoms with E-state index in [1.54, 1.807) is 36.0 Å². The topological polar surface area (TPSA) is 63.5 Å². The SMILES string of the molecule is CCN(CC)CCN(C(=O)c1ccnn1C)c1nc2c(OC)ccc(C)c2s1.Cl. The molecule has 7 nitrogen and oxygen atoms in total. The summed E-state index contributed by atoms with van der Waals surface area (Å²) >= 11 is 1.53. The summed E-state index contributed by atoms with van der Waals surface area (Å²) in [6, 6.07) is 5.68. The van der Waals surface area contributed by atoms with Gasteiger partial charge in [0.1, 0.15) is 17.0 Å². The van der Waals surface area contributed by atoms with E-state index in [0.29, 0.717) is 17.4 Å². The highest BCUT2D eigenvalue weighted by Crippen LogP contribution is 2.36. The molecule has 1 aromatic carbocycles. The first kappa shape index (κ1) is 23.1. The van der Waals surface area contributed by atoms with Gasteiger partial charge in [0.15, 0.2) is 5.13 Å². The van der Waals surface area contributed by atoms with Gasteiger partial charge in [0.2, 0.25) is 0 Å². The number of thiazole rings is 1. The number of hydrogen-bond donors (Lipinski definition) is 0. The van der Waals surface area contributed by atoms with Crippen LogP contribution in [0.15, 0.2) is 24.4 Å². The molecule has 0 aliphatic carbocycles. The minimum atomic E-state index is -0.0946. The molecule has 0 aliphatic rings. The summed E-state index contributed by atoms with van der Waals surface area (Å²) in [7, 11) is 3.42. The van der Waals surface area contributed by atoms with E-state index in [2.05, 4.69) is 23.8 Å². The van der Waals surface area contributed by atoms with Gasteiger partial charge in [-0.2, -0.15) is 5.10 Å². The van der Waals surface area contributed by atoms with Crippen molar-refractivity contribution in [2.24, 2.45) is 7.05 Å². The second kappa shape index (κ2) is 10.0. The largest absolute Gasteiger partial charge is 0.494 e. The Morgan fingerprint density at radius 3 is 2.52 bits per heavy atom. The predicted molar refractivity (Wildman–Crippen MR) is 121 cm³/mol. The number of aromatic nitrogens is 3. The quantitative estimate of drug-likeness (QED) is 0.537. The Hall–Kier alpha value is -2.16. The molecule has 2 heterocycles. The fourth-order valence-electron chi connectivity index (χ4n) is 3.17. The lowest BCUT2D eigenvalue weighted by Crippen LogP contribution is -2.39. The zero-order valence-corrected chi connectivity index (χ0v) is 19.1. The minimum Gasteiger partial charge on any atom is -0.494 e. The minimum absolute atomic E-state index is 0. The molecule has 0 bridgehead atoms. The molecule has 2 aromatic heterocycles. The van der Waals surface area contributed by atoms with E-state index in [4.69, 9.17) is 9.72 Å². The zero-order chi connectivity index (χ0) is 20.3. The van der Waals surface area contributed by atoms with Crippen molar-refractivity contribution in [1.29, 1.82) is 0 Å². The van der Waals surface area contributed by atoms with Crippen LogP contribution in [-0.2, 0) is 7.05 Å². The fraction of sp³-hybridized carbons (Fsp3) is 0.450. The predicted octanol–water partition coefficient (Wildman–Crippen LogP) is 3.76. The van der Waals surface area contributed by atoms with Crippen molar-refractivity contribution in [2.45, 2.75) is 20.8 Å². The lowest BCUT2D eigenvalue weighted by molar-refractivity contribution is 0.0974. The molecule has 0 radical (unpaired) electrons. The summed E-state index contributed by atoms with van der Waals surface area (Å²) in [6.45, 7) is 9.53. The highest BCUT2D eigenvalue weighted by molar-refractivity contribution is 7.22. The Labute approximate surface area is 181 Å². The molecule has 9 heteroatoms. The highest BCUT2D eigenvalue weighted by atomic mass is 35.5. The number of fused-ring (bicyclic) bond motifs is 1. The highest BCUT2D eigenvalue weighted by Gasteiger charge is 2.25. The van der Waals surface area contributed by atoms with Crippen LogP contribution >= 0.6 is 23.7 Å². The van der Waals surface area contributed by atoms with E-state index in [1.165, 1.54) is 11.3 Å². The van der Waals surface area contributed by atoms with Gasteiger partial charge in [-0.1, -0.05) is 31.3 Å². The Bertz CT molecular complexity index is 967. The number of methoxy groups -OCH3 is 1. The van der Waals surface area contributed by atoms with Crippen LogP contribution in [0.3, 0.4) is 0 Å². The van der Waals surface area contributed by atoms with Crippen LogP contribution in [0, 0.1) is 6.92 Å². The Balaban J connectivity index is 0.00000300. The second-order valence-corrected chi connectivity index (χ2v) is 7.56. The number of nitrogens with zero attached hydrogens (tertiary/aromatic N) is 5. The van der Waals surface area contributed by atoms with Crippen molar-refractivity contribution in [3.63, 3.8) is 0 Å². The van der Waals surface area contributed by atoms with Crippen molar-refractivity contribution in [3.05, 3.63) is 35.7 Å². The third-order valence-electron chi connectivity index (χ3n) is 4.96. The normalized spacial score (nSPS) is 11.0. The summed E-state index contributed by atoms with van der Waals surface area (Å²) < 4.78 is 8.12. The molecule has 0 saturated heterocycles. The fourth-order valence-corrected chi connectivity index (χ4v) is 4.24. The van der Waals surface area contributed by atoms with Gasteiger partial charge >= 0.3 is 0 Å². The van der Waals surface area contributed by atoms with E-state index < -0.39 is 0 Å². The number of carbonyl (C=O) groups is 1. The number of benzene rings is 1. The molecule has 0 saturated carbocycles. The molecular weight excluding hydrogens is 410 g/mol. The third kappa shape index (κ3) is 4.71. The van der Waals surface area contributed by atoms with Gasteiger partial charge in [-0.3, -0.25) is 14.4 Å². The van der Waals surface area contributed by atoms with Gasteiger partial charge in [0.05, 0.1) is 11.8 Å². The Kier molecular flexibility index (Phi) is 8.01. The van der Waals surface area contributed by atoms with Gasteiger partial charge in [0, 0.05) is 26.3 Å². The van der Waals surface area contributed by atoms with Crippen molar-refractivity contribution in [1.82, 2.24) is 19.7 Å². The maximum atomic E-state index is 13.3. The van der Waals surface area contributed by atoms with Crippen LogP contribution in [0.4, 0.5) is 5.13 Å². The number of carbonyl (C=O) groups excluding carboxylic acids is 1. The van der Waals surface area contributed by atoms with Crippen LogP contribution in [0.5, 0.6) is 5.75 Å². The summed E-state index contributed by atoms with van der Waals surface area (Å²) in [5.74, 6) is 0.627. The van der Waals surface area contributed by atoms with Crippen molar-refractivity contribution < 1.29 is 9.53 Å². The molecule has 29 heavy (non-hydrogen) atoms. The van der Waals surface area contributed by atoms with Gasteiger partial charge in [0.25, 0.3) is 5.91 Å². The zero-order valence-electron chi connectivity index (χ0n) is 17.5. The van der Waals surface area contributed by atoms with Crippen LogP contribution in [-0.4, -0.2) is 58.9 Å².